The third-order valence-electron chi connectivity index (χ3n) is 2.58. The Morgan fingerprint density at radius 2 is 2.13 bits per heavy atom. The molecule has 1 atom stereocenters. The van der Waals surface area contributed by atoms with E-state index in [0.717, 1.165) is 25.1 Å². The molecular weight excluding hydrogens is 192 g/mol. The number of para-hydroxylation sites is 1. The van der Waals surface area contributed by atoms with E-state index >= 15 is 0 Å². The monoisotopic (exact) mass is 206 g/mol. The maximum atomic E-state index is 10.9. The van der Waals surface area contributed by atoms with Gasteiger partial charge < -0.3 is 10.5 Å². The van der Waals surface area contributed by atoms with Crippen molar-refractivity contribution in [1.29, 1.82) is 0 Å². The minimum atomic E-state index is -0.754. The molecule has 4 heteroatoms. The second-order valence-corrected chi connectivity index (χ2v) is 3.67. The van der Waals surface area contributed by atoms with Crippen LogP contribution in [0, 0.1) is 0 Å². The predicted octanol–water partition coefficient (Wildman–Crippen LogP) is 1.56. The van der Waals surface area contributed by atoms with E-state index in [9.17, 15) is 4.79 Å². The first-order valence-corrected chi connectivity index (χ1v) is 5.08. The summed E-state index contributed by atoms with van der Waals surface area (Å²) < 4.78 is 0. The van der Waals surface area contributed by atoms with Crippen molar-refractivity contribution in [3.05, 3.63) is 30.3 Å². The molecule has 4 nitrogen and oxygen atoms in total. The summed E-state index contributed by atoms with van der Waals surface area (Å²) in [5.74, 6) is -0.754. The highest BCUT2D eigenvalue weighted by Gasteiger charge is 2.30. The van der Waals surface area contributed by atoms with E-state index in [-0.39, 0.29) is 0 Å². The highest BCUT2D eigenvalue weighted by atomic mass is 16.4. The van der Waals surface area contributed by atoms with Gasteiger partial charge in [-0.25, -0.2) is 5.01 Å². The molecule has 0 aromatic heterocycles. The maximum absolute atomic E-state index is 10.9. The minimum Gasteiger partial charge on any atom is -0.480 e. The van der Waals surface area contributed by atoms with Crippen molar-refractivity contribution < 1.29 is 9.90 Å². The summed E-state index contributed by atoms with van der Waals surface area (Å²) in [4.78, 5) is 10.9. The zero-order chi connectivity index (χ0) is 10.7. The van der Waals surface area contributed by atoms with E-state index < -0.39 is 12.0 Å². The molecule has 0 unspecified atom stereocenters. The molecule has 0 bridgehead atoms. The molecule has 1 aromatic carbocycles. The van der Waals surface area contributed by atoms with Crippen LogP contribution in [0.15, 0.2) is 30.3 Å². The van der Waals surface area contributed by atoms with Crippen LogP contribution >= 0.6 is 0 Å². The largest absolute Gasteiger partial charge is 0.480 e. The Morgan fingerprint density at radius 3 is 2.80 bits per heavy atom. The number of anilines is 1. The first-order valence-electron chi connectivity index (χ1n) is 5.08. The van der Waals surface area contributed by atoms with Crippen molar-refractivity contribution in [2.45, 2.75) is 18.9 Å². The Balaban J connectivity index is 2.03. The summed E-state index contributed by atoms with van der Waals surface area (Å²) in [6.07, 6.45) is 1.64. The van der Waals surface area contributed by atoms with Gasteiger partial charge in [-0.05, 0) is 25.0 Å². The fourth-order valence-corrected chi connectivity index (χ4v) is 1.84. The lowest BCUT2D eigenvalue weighted by Gasteiger charge is -2.22. The SMILES string of the molecule is O=C(O)[C@@H]1CCCN1Nc1ccccc1. The number of aliphatic carboxylic acids is 1. The zero-order valence-electron chi connectivity index (χ0n) is 8.39. The highest BCUT2D eigenvalue weighted by molar-refractivity contribution is 5.74. The third-order valence-corrected chi connectivity index (χ3v) is 2.58. The Hall–Kier alpha value is -1.55. The summed E-state index contributed by atoms with van der Waals surface area (Å²) in [6.45, 7) is 0.784. The summed E-state index contributed by atoms with van der Waals surface area (Å²) in [5, 5.41) is 10.8. The molecular formula is C11H14N2O2. The number of hydrazine groups is 1. The molecule has 0 amide bonds. The lowest BCUT2D eigenvalue weighted by molar-refractivity contribution is -0.141. The minimum absolute atomic E-state index is 0.398. The van der Waals surface area contributed by atoms with Gasteiger partial charge in [-0.2, -0.15) is 0 Å². The normalized spacial score (nSPS) is 21.5. The molecule has 2 N–H and O–H groups in total. The van der Waals surface area contributed by atoms with Gasteiger partial charge in [0, 0.05) is 12.2 Å². The van der Waals surface area contributed by atoms with Gasteiger partial charge in [-0.15, -0.1) is 0 Å². The second kappa shape index (κ2) is 4.31. The maximum Gasteiger partial charge on any atom is 0.322 e. The number of nitrogens with one attached hydrogen (secondary N) is 1. The molecule has 0 saturated carbocycles. The Bertz CT molecular complexity index is 340. The topological polar surface area (TPSA) is 52.6 Å². The molecule has 0 aliphatic carbocycles. The lowest BCUT2D eigenvalue weighted by atomic mass is 10.2. The average Bonchev–Trinajstić information content (AvgIpc) is 2.67. The van der Waals surface area contributed by atoms with Crippen molar-refractivity contribution in [3.63, 3.8) is 0 Å². The fourth-order valence-electron chi connectivity index (χ4n) is 1.84. The standard InChI is InChI=1S/C11H14N2O2/c14-11(15)10-7-4-8-13(10)12-9-5-2-1-3-6-9/h1-3,5-6,10,12H,4,7-8H2,(H,14,15)/t10-/m0/s1. The van der Waals surface area contributed by atoms with Gasteiger partial charge in [0.25, 0.3) is 0 Å². The molecule has 1 fully saturated rings. The molecule has 1 aliphatic rings. The molecule has 2 rings (SSSR count). The second-order valence-electron chi connectivity index (χ2n) is 3.67. The molecule has 80 valence electrons. The van der Waals surface area contributed by atoms with Gasteiger partial charge >= 0.3 is 5.97 Å². The van der Waals surface area contributed by atoms with Crippen LogP contribution in [0.3, 0.4) is 0 Å². The third kappa shape index (κ3) is 2.27. The number of carboxylic acid groups (broad SMARTS) is 1. The van der Waals surface area contributed by atoms with E-state index in [1.54, 1.807) is 5.01 Å². The Kier molecular flexibility index (Phi) is 2.87. The van der Waals surface area contributed by atoms with Gasteiger partial charge in [0.05, 0.1) is 0 Å². The predicted molar refractivity (Wildman–Crippen MR) is 57.4 cm³/mol. The fraction of sp³-hybridized carbons (Fsp3) is 0.364. The van der Waals surface area contributed by atoms with Crippen LogP contribution in [0.2, 0.25) is 0 Å². The number of rotatable bonds is 3. The van der Waals surface area contributed by atoms with Gasteiger partial charge in [0.2, 0.25) is 0 Å². The van der Waals surface area contributed by atoms with Crippen LogP contribution in [0.5, 0.6) is 0 Å². The number of carboxylic acids is 1. The van der Waals surface area contributed by atoms with Gasteiger partial charge in [0.15, 0.2) is 0 Å². The zero-order valence-corrected chi connectivity index (χ0v) is 8.39. The van der Waals surface area contributed by atoms with E-state index in [1.165, 1.54) is 0 Å². The van der Waals surface area contributed by atoms with Crippen molar-refractivity contribution in [3.8, 4) is 0 Å². The van der Waals surface area contributed by atoms with Gasteiger partial charge in [0.1, 0.15) is 6.04 Å². The number of benzene rings is 1. The van der Waals surface area contributed by atoms with Crippen LogP contribution in [-0.2, 0) is 4.79 Å². The van der Waals surface area contributed by atoms with Gasteiger partial charge in [-0.3, -0.25) is 4.79 Å². The van der Waals surface area contributed by atoms with Crippen LogP contribution in [0.25, 0.3) is 0 Å². The summed E-state index contributed by atoms with van der Waals surface area (Å²) in [6, 6.07) is 9.24. The van der Waals surface area contributed by atoms with Crippen LogP contribution < -0.4 is 5.43 Å². The van der Waals surface area contributed by atoms with Crippen LogP contribution in [0.1, 0.15) is 12.8 Å². The average molecular weight is 206 g/mol. The number of carbonyl (C=O) groups is 1. The molecule has 1 aromatic rings. The molecule has 1 aliphatic heterocycles. The van der Waals surface area contributed by atoms with E-state index in [0.29, 0.717) is 0 Å². The summed E-state index contributed by atoms with van der Waals surface area (Å²) >= 11 is 0. The smallest absolute Gasteiger partial charge is 0.322 e. The van der Waals surface area contributed by atoms with E-state index in [4.69, 9.17) is 5.11 Å². The number of hydrogen-bond acceptors (Lipinski definition) is 3. The molecule has 1 saturated heterocycles. The lowest BCUT2D eigenvalue weighted by Crippen LogP contribution is -2.39. The molecule has 0 radical (unpaired) electrons. The van der Waals surface area contributed by atoms with Gasteiger partial charge in [-0.1, -0.05) is 18.2 Å². The van der Waals surface area contributed by atoms with Crippen molar-refractivity contribution in [2.75, 3.05) is 12.0 Å². The van der Waals surface area contributed by atoms with E-state index in [2.05, 4.69) is 5.43 Å². The van der Waals surface area contributed by atoms with Crippen LogP contribution in [-0.4, -0.2) is 28.7 Å². The summed E-state index contributed by atoms with van der Waals surface area (Å²) in [7, 11) is 0. The van der Waals surface area contributed by atoms with Crippen molar-refractivity contribution in [2.24, 2.45) is 0 Å². The molecule has 15 heavy (non-hydrogen) atoms. The molecule has 0 spiro atoms. The molecule has 1 heterocycles. The Morgan fingerprint density at radius 1 is 1.40 bits per heavy atom. The first-order chi connectivity index (χ1) is 7.27. The first kappa shape index (κ1) is 9.98. The quantitative estimate of drug-likeness (QED) is 0.788. The Labute approximate surface area is 88.5 Å². The highest BCUT2D eigenvalue weighted by Crippen LogP contribution is 2.18. The van der Waals surface area contributed by atoms with Crippen LogP contribution in [0.4, 0.5) is 5.69 Å². The van der Waals surface area contributed by atoms with E-state index in [1.807, 2.05) is 30.3 Å². The summed E-state index contributed by atoms with van der Waals surface area (Å²) in [5.41, 5.74) is 4.06. The number of nitrogens with zero attached hydrogens (tertiary/aromatic N) is 1. The van der Waals surface area contributed by atoms with Crippen molar-refractivity contribution >= 4 is 11.7 Å². The van der Waals surface area contributed by atoms with Crippen molar-refractivity contribution in [1.82, 2.24) is 5.01 Å². The number of hydrogen-bond donors (Lipinski definition) is 2.